The number of benzene rings is 1. The highest BCUT2D eigenvalue weighted by Crippen LogP contribution is 2.35. The quantitative estimate of drug-likeness (QED) is 0.634. The molecule has 0 spiro atoms. The summed E-state index contributed by atoms with van der Waals surface area (Å²) in [5.41, 5.74) is 1.20. The van der Waals surface area contributed by atoms with Gasteiger partial charge < -0.3 is 10.1 Å². The van der Waals surface area contributed by atoms with E-state index in [4.69, 9.17) is 16.3 Å². The summed E-state index contributed by atoms with van der Waals surface area (Å²) in [5, 5.41) is 3.11. The first-order chi connectivity index (χ1) is 7.63. The van der Waals surface area contributed by atoms with Gasteiger partial charge in [-0.2, -0.15) is 0 Å². The molecule has 0 bridgehead atoms. The van der Waals surface area contributed by atoms with Crippen molar-refractivity contribution >= 4 is 29.2 Å². The fourth-order valence-corrected chi connectivity index (χ4v) is 1.87. The second-order valence-corrected chi connectivity index (χ2v) is 3.84. The molecule has 5 heteroatoms. The van der Waals surface area contributed by atoms with E-state index in [0.29, 0.717) is 16.3 Å². The number of anilines is 1. The van der Waals surface area contributed by atoms with Crippen LogP contribution in [0.3, 0.4) is 0 Å². The number of fused-ring (bicyclic) bond motifs is 1. The Bertz CT molecular complexity index is 459. The number of nitrogens with one attached hydrogen (secondary N) is 1. The largest absolute Gasteiger partial charge is 0.465 e. The lowest BCUT2D eigenvalue weighted by Gasteiger charge is -2.07. The molecule has 0 saturated heterocycles. The molecule has 16 heavy (non-hydrogen) atoms. The van der Waals surface area contributed by atoms with Gasteiger partial charge in [0, 0.05) is 16.3 Å². The van der Waals surface area contributed by atoms with E-state index in [1.165, 1.54) is 0 Å². The van der Waals surface area contributed by atoms with Crippen LogP contribution in [0.25, 0.3) is 0 Å². The molecule has 0 aliphatic carbocycles. The predicted molar refractivity (Wildman–Crippen MR) is 59.5 cm³/mol. The molecule has 0 saturated carbocycles. The smallest absolute Gasteiger partial charge is 0.323 e. The average Bonchev–Trinajstić information content (AvgIpc) is 2.53. The van der Waals surface area contributed by atoms with Crippen LogP contribution in [0.15, 0.2) is 18.2 Å². The summed E-state index contributed by atoms with van der Waals surface area (Å²) in [5.74, 6) is -1.80. The van der Waals surface area contributed by atoms with Crippen LogP contribution in [0.2, 0.25) is 5.02 Å². The second kappa shape index (κ2) is 4.14. The molecular formula is C11H10ClNO3. The number of halogens is 1. The minimum Gasteiger partial charge on any atom is -0.465 e. The van der Waals surface area contributed by atoms with Crippen molar-refractivity contribution in [2.24, 2.45) is 0 Å². The van der Waals surface area contributed by atoms with E-state index < -0.39 is 11.9 Å². The molecule has 1 amide bonds. The highest BCUT2D eigenvalue weighted by Gasteiger charge is 2.37. The fraction of sp³-hybridized carbons (Fsp3) is 0.273. The van der Waals surface area contributed by atoms with Crippen LogP contribution < -0.4 is 5.32 Å². The van der Waals surface area contributed by atoms with Crippen molar-refractivity contribution in [1.29, 1.82) is 0 Å². The Morgan fingerprint density at radius 3 is 3.00 bits per heavy atom. The van der Waals surface area contributed by atoms with Gasteiger partial charge in [-0.25, -0.2) is 0 Å². The number of esters is 1. The highest BCUT2D eigenvalue weighted by molar-refractivity contribution is 6.31. The molecule has 1 aromatic carbocycles. The number of hydrogen-bond donors (Lipinski definition) is 1. The third-order valence-corrected chi connectivity index (χ3v) is 2.60. The van der Waals surface area contributed by atoms with E-state index in [9.17, 15) is 9.59 Å². The first-order valence-corrected chi connectivity index (χ1v) is 5.28. The molecule has 1 N–H and O–H groups in total. The standard InChI is InChI=1S/C11H10ClNO3/c1-2-16-11(15)9-7-5-6(12)3-4-8(7)13-10(9)14/h3-5,9H,2H2,1H3,(H,13,14). The Morgan fingerprint density at radius 2 is 2.31 bits per heavy atom. The van der Waals surface area contributed by atoms with Gasteiger partial charge in [-0.3, -0.25) is 9.59 Å². The second-order valence-electron chi connectivity index (χ2n) is 3.41. The van der Waals surface area contributed by atoms with E-state index in [2.05, 4.69) is 5.32 Å². The van der Waals surface area contributed by atoms with E-state index in [-0.39, 0.29) is 12.5 Å². The summed E-state index contributed by atoms with van der Waals surface area (Å²) in [6.45, 7) is 1.95. The summed E-state index contributed by atoms with van der Waals surface area (Å²) < 4.78 is 4.85. The van der Waals surface area contributed by atoms with Gasteiger partial charge in [0.1, 0.15) is 0 Å². The van der Waals surface area contributed by atoms with Crippen molar-refractivity contribution in [3.63, 3.8) is 0 Å². The maximum absolute atomic E-state index is 11.6. The summed E-state index contributed by atoms with van der Waals surface area (Å²) in [6, 6.07) is 4.94. The predicted octanol–water partition coefficient (Wildman–Crippen LogP) is 1.94. The van der Waals surface area contributed by atoms with Gasteiger partial charge in [0.25, 0.3) is 0 Å². The lowest BCUT2D eigenvalue weighted by atomic mass is 10.0. The Kier molecular flexibility index (Phi) is 2.83. The fourth-order valence-electron chi connectivity index (χ4n) is 1.69. The Hall–Kier alpha value is -1.55. The maximum Gasteiger partial charge on any atom is 0.323 e. The number of carbonyl (C=O) groups excluding carboxylic acids is 2. The number of carbonyl (C=O) groups is 2. The zero-order chi connectivity index (χ0) is 11.7. The van der Waals surface area contributed by atoms with Gasteiger partial charge in [0.15, 0.2) is 5.92 Å². The Morgan fingerprint density at radius 1 is 1.56 bits per heavy atom. The molecule has 0 aromatic heterocycles. The van der Waals surface area contributed by atoms with Gasteiger partial charge in [0.05, 0.1) is 6.61 Å². The molecule has 2 rings (SSSR count). The van der Waals surface area contributed by atoms with Crippen LogP contribution in [-0.4, -0.2) is 18.5 Å². The molecule has 0 fully saturated rings. The average molecular weight is 240 g/mol. The van der Waals surface area contributed by atoms with E-state index in [0.717, 1.165) is 0 Å². The summed E-state index contributed by atoms with van der Waals surface area (Å²) >= 11 is 5.83. The SMILES string of the molecule is CCOC(=O)C1C(=O)Nc2ccc(Cl)cc21. The van der Waals surface area contributed by atoms with Crippen molar-refractivity contribution in [2.45, 2.75) is 12.8 Å². The number of rotatable bonds is 2. The van der Waals surface area contributed by atoms with Crippen LogP contribution in [-0.2, 0) is 14.3 Å². The van der Waals surface area contributed by atoms with Crippen molar-refractivity contribution in [1.82, 2.24) is 0 Å². The molecule has 1 aliphatic rings. The number of ether oxygens (including phenoxy) is 1. The summed E-state index contributed by atoms with van der Waals surface area (Å²) in [7, 11) is 0. The van der Waals surface area contributed by atoms with Crippen LogP contribution in [0.4, 0.5) is 5.69 Å². The molecule has 1 aliphatic heterocycles. The first kappa shape index (κ1) is 11.0. The molecule has 4 nitrogen and oxygen atoms in total. The highest BCUT2D eigenvalue weighted by atomic mass is 35.5. The topological polar surface area (TPSA) is 55.4 Å². The van der Waals surface area contributed by atoms with Gasteiger partial charge in [-0.15, -0.1) is 0 Å². The minimum absolute atomic E-state index is 0.249. The van der Waals surface area contributed by atoms with Crippen LogP contribution in [0, 0.1) is 0 Å². The first-order valence-electron chi connectivity index (χ1n) is 4.90. The minimum atomic E-state index is -0.895. The summed E-state index contributed by atoms with van der Waals surface area (Å²) in [6.07, 6.45) is 0. The van der Waals surface area contributed by atoms with Crippen molar-refractivity contribution in [3.05, 3.63) is 28.8 Å². The van der Waals surface area contributed by atoms with E-state index >= 15 is 0 Å². The lowest BCUT2D eigenvalue weighted by molar-refractivity contribution is -0.147. The molecule has 1 atom stereocenters. The molecular weight excluding hydrogens is 230 g/mol. The Labute approximate surface area is 97.5 Å². The maximum atomic E-state index is 11.6. The normalized spacial score (nSPS) is 17.9. The van der Waals surface area contributed by atoms with Crippen LogP contribution in [0.1, 0.15) is 18.4 Å². The molecule has 1 heterocycles. The molecule has 84 valence electrons. The number of amides is 1. The zero-order valence-corrected chi connectivity index (χ0v) is 9.38. The van der Waals surface area contributed by atoms with Gasteiger partial charge in [-0.05, 0) is 25.1 Å². The lowest BCUT2D eigenvalue weighted by Crippen LogP contribution is -2.22. The molecule has 1 unspecified atom stereocenters. The zero-order valence-electron chi connectivity index (χ0n) is 8.62. The monoisotopic (exact) mass is 239 g/mol. The summed E-state index contributed by atoms with van der Waals surface area (Å²) in [4.78, 5) is 23.2. The van der Waals surface area contributed by atoms with Crippen molar-refractivity contribution < 1.29 is 14.3 Å². The van der Waals surface area contributed by atoms with Crippen molar-refractivity contribution in [3.8, 4) is 0 Å². The molecule has 0 radical (unpaired) electrons. The van der Waals surface area contributed by atoms with Crippen molar-refractivity contribution in [2.75, 3.05) is 11.9 Å². The third-order valence-electron chi connectivity index (χ3n) is 2.37. The van der Waals surface area contributed by atoms with Crippen LogP contribution >= 0.6 is 11.6 Å². The van der Waals surface area contributed by atoms with Gasteiger partial charge in [0.2, 0.25) is 5.91 Å². The molecule has 1 aromatic rings. The van der Waals surface area contributed by atoms with E-state index in [1.807, 2.05) is 0 Å². The van der Waals surface area contributed by atoms with E-state index in [1.54, 1.807) is 25.1 Å². The number of hydrogen-bond acceptors (Lipinski definition) is 3. The Balaban J connectivity index is 2.38. The third kappa shape index (κ3) is 1.76. The van der Waals surface area contributed by atoms with Gasteiger partial charge in [-0.1, -0.05) is 11.6 Å². The van der Waals surface area contributed by atoms with Crippen LogP contribution in [0.5, 0.6) is 0 Å². The van der Waals surface area contributed by atoms with Gasteiger partial charge >= 0.3 is 5.97 Å².